The fourth-order valence-corrected chi connectivity index (χ4v) is 2.87. The second-order valence-electron chi connectivity index (χ2n) is 5.58. The molecule has 114 valence electrons. The molecule has 0 spiro atoms. The van der Waals surface area contributed by atoms with Crippen LogP contribution >= 0.6 is 11.6 Å². The molecule has 0 atom stereocenters. The van der Waals surface area contributed by atoms with Gasteiger partial charge in [-0.1, -0.05) is 11.6 Å². The Morgan fingerprint density at radius 3 is 2.57 bits per heavy atom. The molecule has 3 nitrogen and oxygen atoms in total. The number of aromatic nitrogens is 1. The summed E-state index contributed by atoms with van der Waals surface area (Å²) in [5, 5.41) is 13.9. The number of nitriles is 1. The molecule has 1 aromatic heterocycles. The van der Waals surface area contributed by atoms with E-state index in [-0.39, 0.29) is 0 Å². The number of pyridine rings is 1. The number of halogens is 1. The maximum Gasteiger partial charge on any atom is 0.0991 e. The van der Waals surface area contributed by atoms with E-state index < -0.39 is 0 Å². The molecule has 23 heavy (non-hydrogen) atoms. The predicted molar refractivity (Wildman–Crippen MR) is 94.7 cm³/mol. The Kier molecular flexibility index (Phi) is 4.18. The molecule has 0 bridgehead atoms. The highest BCUT2D eigenvalue weighted by molar-refractivity contribution is 6.35. The molecule has 0 fully saturated rings. The minimum Gasteiger partial charge on any atom is -0.381 e. The van der Waals surface area contributed by atoms with Gasteiger partial charge in [0, 0.05) is 23.3 Å². The van der Waals surface area contributed by atoms with Gasteiger partial charge in [0.05, 0.1) is 22.2 Å². The van der Waals surface area contributed by atoms with Gasteiger partial charge in [0.25, 0.3) is 0 Å². The van der Waals surface area contributed by atoms with Gasteiger partial charge < -0.3 is 5.32 Å². The Labute approximate surface area is 140 Å². The number of fused-ring (bicyclic) bond motifs is 1. The van der Waals surface area contributed by atoms with Crippen molar-refractivity contribution in [1.29, 1.82) is 5.26 Å². The van der Waals surface area contributed by atoms with Crippen molar-refractivity contribution in [1.82, 2.24) is 4.98 Å². The van der Waals surface area contributed by atoms with Gasteiger partial charge in [-0.3, -0.25) is 4.98 Å². The Morgan fingerprint density at radius 1 is 1.13 bits per heavy atom. The highest BCUT2D eigenvalue weighted by Gasteiger charge is 2.07. The van der Waals surface area contributed by atoms with E-state index in [2.05, 4.69) is 35.4 Å². The van der Waals surface area contributed by atoms with Crippen molar-refractivity contribution in [3.05, 3.63) is 69.9 Å². The molecular weight excluding hydrogens is 306 g/mol. The molecule has 0 saturated heterocycles. The molecule has 1 heterocycles. The van der Waals surface area contributed by atoms with E-state index in [1.807, 2.05) is 25.1 Å². The average molecular weight is 322 g/mol. The summed E-state index contributed by atoms with van der Waals surface area (Å²) < 4.78 is 0. The molecule has 0 aliphatic rings. The van der Waals surface area contributed by atoms with Gasteiger partial charge in [-0.25, -0.2) is 0 Å². The lowest BCUT2D eigenvalue weighted by molar-refractivity contribution is 1.12. The van der Waals surface area contributed by atoms with Crippen molar-refractivity contribution in [2.75, 3.05) is 5.32 Å². The Balaban J connectivity index is 1.87. The van der Waals surface area contributed by atoms with Gasteiger partial charge in [-0.05, 0) is 67.4 Å². The van der Waals surface area contributed by atoms with Gasteiger partial charge in [-0.15, -0.1) is 0 Å². The van der Waals surface area contributed by atoms with Gasteiger partial charge in [-0.2, -0.15) is 5.26 Å². The fourth-order valence-electron chi connectivity index (χ4n) is 2.56. The fraction of sp³-hybridized carbons (Fsp3) is 0.158. The summed E-state index contributed by atoms with van der Waals surface area (Å²) in [5.41, 5.74) is 5.82. The van der Waals surface area contributed by atoms with Crippen molar-refractivity contribution >= 4 is 28.2 Å². The van der Waals surface area contributed by atoms with E-state index in [0.29, 0.717) is 12.1 Å². The van der Waals surface area contributed by atoms with Crippen LogP contribution in [-0.2, 0) is 6.54 Å². The molecule has 0 aliphatic carbocycles. The predicted octanol–water partition coefficient (Wildman–Crippen LogP) is 4.99. The van der Waals surface area contributed by atoms with E-state index in [1.165, 1.54) is 11.1 Å². The molecule has 3 rings (SSSR count). The SMILES string of the molecule is Cc1cc(Cl)c2cc(C)c(CNc3ccc(C#N)cc3)cc2n1. The third-order valence-corrected chi connectivity index (χ3v) is 4.15. The summed E-state index contributed by atoms with van der Waals surface area (Å²) in [5.74, 6) is 0. The lowest BCUT2D eigenvalue weighted by Crippen LogP contribution is -2.02. The smallest absolute Gasteiger partial charge is 0.0991 e. The van der Waals surface area contributed by atoms with E-state index in [0.717, 1.165) is 27.3 Å². The van der Waals surface area contributed by atoms with E-state index in [1.54, 1.807) is 12.1 Å². The number of nitrogens with zero attached hydrogens (tertiary/aromatic N) is 2. The minimum atomic E-state index is 0.659. The first kappa shape index (κ1) is 15.3. The largest absolute Gasteiger partial charge is 0.381 e. The summed E-state index contributed by atoms with van der Waals surface area (Å²) >= 11 is 6.31. The third-order valence-electron chi connectivity index (χ3n) is 3.84. The van der Waals surface area contributed by atoms with Crippen molar-refractivity contribution < 1.29 is 0 Å². The molecule has 0 amide bonds. The summed E-state index contributed by atoms with van der Waals surface area (Å²) in [6, 6.07) is 15.6. The number of aryl methyl sites for hydroxylation is 2. The molecule has 2 aromatic carbocycles. The number of hydrogen-bond acceptors (Lipinski definition) is 3. The maximum absolute atomic E-state index is 8.83. The minimum absolute atomic E-state index is 0.659. The Morgan fingerprint density at radius 2 is 1.87 bits per heavy atom. The van der Waals surface area contributed by atoms with Crippen LogP contribution in [0, 0.1) is 25.2 Å². The molecular formula is C19H16ClN3. The van der Waals surface area contributed by atoms with Crippen LogP contribution in [-0.4, -0.2) is 4.98 Å². The van der Waals surface area contributed by atoms with Crippen LogP contribution in [0.25, 0.3) is 10.9 Å². The summed E-state index contributed by atoms with van der Waals surface area (Å²) in [4.78, 5) is 4.57. The molecule has 0 aliphatic heterocycles. The monoisotopic (exact) mass is 321 g/mol. The van der Waals surface area contributed by atoms with Crippen molar-refractivity contribution in [3.8, 4) is 6.07 Å². The number of nitrogens with one attached hydrogen (secondary N) is 1. The average Bonchev–Trinajstić information content (AvgIpc) is 2.54. The highest BCUT2D eigenvalue weighted by atomic mass is 35.5. The quantitative estimate of drug-likeness (QED) is 0.739. The second kappa shape index (κ2) is 6.28. The first-order chi connectivity index (χ1) is 11.1. The van der Waals surface area contributed by atoms with Crippen LogP contribution < -0.4 is 5.32 Å². The van der Waals surface area contributed by atoms with Gasteiger partial charge in [0.2, 0.25) is 0 Å². The standard InChI is InChI=1S/C19H16ClN3/c1-12-7-17-18(20)8-13(2)23-19(17)9-15(12)11-22-16-5-3-14(10-21)4-6-16/h3-9,22H,11H2,1-2H3. The zero-order chi connectivity index (χ0) is 16.4. The van der Waals surface area contributed by atoms with Crippen molar-refractivity contribution in [2.45, 2.75) is 20.4 Å². The number of hydrogen-bond donors (Lipinski definition) is 1. The number of anilines is 1. The topological polar surface area (TPSA) is 48.7 Å². The van der Waals surface area contributed by atoms with Crippen LogP contribution in [0.1, 0.15) is 22.4 Å². The van der Waals surface area contributed by atoms with Crippen molar-refractivity contribution in [2.24, 2.45) is 0 Å². The van der Waals surface area contributed by atoms with Gasteiger partial charge in [0.1, 0.15) is 0 Å². The first-order valence-corrected chi connectivity index (χ1v) is 7.75. The number of benzene rings is 2. The Hall–Kier alpha value is -2.57. The molecule has 0 radical (unpaired) electrons. The Bertz CT molecular complexity index is 909. The van der Waals surface area contributed by atoms with Gasteiger partial charge in [0.15, 0.2) is 0 Å². The highest BCUT2D eigenvalue weighted by Crippen LogP contribution is 2.26. The normalized spacial score (nSPS) is 10.5. The van der Waals surface area contributed by atoms with E-state index in [4.69, 9.17) is 16.9 Å². The van der Waals surface area contributed by atoms with Crippen LogP contribution in [0.15, 0.2) is 42.5 Å². The summed E-state index contributed by atoms with van der Waals surface area (Å²) in [6.45, 7) is 4.71. The van der Waals surface area contributed by atoms with Crippen molar-refractivity contribution in [3.63, 3.8) is 0 Å². The van der Waals surface area contributed by atoms with Crippen LogP contribution in [0.5, 0.6) is 0 Å². The lowest BCUT2D eigenvalue weighted by atomic mass is 10.0. The van der Waals surface area contributed by atoms with E-state index in [9.17, 15) is 0 Å². The molecule has 1 N–H and O–H groups in total. The zero-order valence-electron chi connectivity index (χ0n) is 13.0. The van der Waals surface area contributed by atoms with Crippen LogP contribution in [0.4, 0.5) is 5.69 Å². The number of rotatable bonds is 3. The van der Waals surface area contributed by atoms with Crippen LogP contribution in [0.3, 0.4) is 0 Å². The second-order valence-corrected chi connectivity index (χ2v) is 5.99. The third kappa shape index (κ3) is 3.28. The maximum atomic E-state index is 8.83. The summed E-state index contributed by atoms with van der Waals surface area (Å²) in [7, 11) is 0. The molecule has 3 aromatic rings. The van der Waals surface area contributed by atoms with Gasteiger partial charge >= 0.3 is 0 Å². The summed E-state index contributed by atoms with van der Waals surface area (Å²) in [6.07, 6.45) is 0. The molecule has 0 saturated carbocycles. The lowest BCUT2D eigenvalue weighted by Gasteiger charge is -2.11. The van der Waals surface area contributed by atoms with E-state index >= 15 is 0 Å². The zero-order valence-corrected chi connectivity index (χ0v) is 13.8. The molecule has 0 unspecified atom stereocenters. The van der Waals surface area contributed by atoms with Crippen LogP contribution in [0.2, 0.25) is 5.02 Å². The molecule has 4 heteroatoms. The first-order valence-electron chi connectivity index (χ1n) is 7.37.